The van der Waals surface area contributed by atoms with E-state index in [0.29, 0.717) is 13.1 Å². The molecule has 5 nitrogen and oxygen atoms in total. The van der Waals surface area contributed by atoms with Gasteiger partial charge in [-0.1, -0.05) is 38.1 Å². The summed E-state index contributed by atoms with van der Waals surface area (Å²) in [6.45, 7) is 6.24. The van der Waals surface area contributed by atoms with Gasteiger partial charge in [-0.05, 0) is 55.1 Å². The number of carbonyl (C=O) groups is 2. The molecule has 1 amide bonds. The molecular formula is C23H32N2O3. The van der Waals surface area contributed by atoms with Gasteiger partial charge in [0, 0.05) is 37.7 Å². The number of carboxylic acids is 1. The normalized spacial score (nSPS) is 22.0. The van der Waals surface area contributed by atoms with Gasteiger partial charge in [0.05, 0.1) is 0 Å². The summed E-state index contributed by atoms with van der Waals surface area (Å²) in [6, 6.07) is 8.38. The number of piperidine rings is 1. The van der Waals surface area contributed by atoms with Crippen molar-refractivity contribution in [1.82, 2.24) is 4.90 Å². The third-order valence-corrected chi connectivity index (χ3v) is 6.44. The third kappa shape index (κ3) is 4.62. The predicted molar refractivity (Wildman–Crippen MR) is 111 cm³/mol. The second-order valence-electron chi connectivity index (χ2n) is 8.14. The van der Waals surface area contributed by atoms with E-state index in [9.17, 15) is 14.7 Å². The van der Waals surface area contributed by atoms with Crippen molar-refractivity contribution >= 4 is 17.6 Å². The molecule has 2 aliphatic heterocycles. The molecule has 0 bridgehead atoms. The number of likely N-dealkylation sites (tertiary alicyclic amines) is 1. The zero-order valence-electron chi connectivity index (χ0n) is 17.1. The number of amides is 1. The summed E-state index contributed by atoms with van der Waals surface area (Å²) >= 11 is 0. The number of aliphatic carboxylic acids is 1. The van der Waals surface area contributed by atoms with Crippen LogP contribution in [0.2, 0.25) is 0 Å². The maximum atomic E-state index is 12.9. The van der Waals surface area contributed by atoms with Crippen molar-refractivity contribution in [1.29, 1.82) is 0 Å². The van der Waals surface area contributed by atoms with Crippen LogP contribution in [0.4, 0.5) is 0 Å². The lowest BCUT2D eigenvalue weighted by atomic mass is 9.78. The average Bonchev–Trinajstić information content (AvgIpc) is 2.70. The topological polar surface area (TPSA) is 70.0 Å². The molecule has 2 heterocycles. The maximum Gasteiger partial charge on any atom is 0.303 e. The Bertz CT molecular complexity index is 739. The lowest BCUT2D eigenvalue weighted by Crippen LogP contribution is -2.47. The fourth-order valence-electron chi connectivity index (χ4n) is 4.74. The smallest absolute Gasteiger partial charge is 0.303 e. The molecule has 1 aromatic carbocycles. The molecule has 2 atom stereocenters. The second kappa shape index (κ2) is 9.35. The highest BCUT2D eigenvalue weighted by molar-refractivity contribution is 6.02. The SMILES string of the molecule is CCC(CC)C(=O)N1CC[C@@H](CC(=O)O)[C@@H](CC2=NCCc3ccccc32)C1. The first-order valence-corrected chi connectivity index (χ1v) is 10.7. The summed E-state index contributed by atoms with van der Waals surface area (Å²) in [4.78, 5) is 31.1. The monoisotopic (exact) mass is 384 g/mol. The Morgan fingerprint density at radius 1 is 1.21 bits per heavy atom. The van der Waals surface area contributed by atoms with E-state index in [1.807, 2.05) is 11.0 Å². The zero-order valence-corrected chi connectivity index (χ0v) is 17.1. The van der Waals surface area contributed by atoms with Crippen LogP contribution in [0.25, 0.3) is 0 Å². The molecule has 1 saturated heterocycles. The Morgan fingerprint density at radius 2 is 1.96 bits per heavy atom. The summed E-state index contributed by atoms with van der Waals surface area (Å²) in [7, 11) is 0. The van der Waals surface area contributed by atoms with Gasteiger partial charge in [-0.3, -0.25) is 14.6 Å². The van der Waals surface area contributed by atoms with Gasteiger partial charge in [-0.15, -0.1) is 0 Å². The van der Waals surface area contributed by atoms with E-state index in [0.717, 1.165) is 44.4 Å². The van der Waals surface area contributed by atoms with Gasteiger partial charge in [-0.25, -0.2) is 0 Å². The van der Waals surface area contributed by atoms with Crippen LogP contribution in [0.5, 0.6) is 0 Å². The molecule has 0 unspecified atom stereocenters. The minimum Gasteiger partial charge on any atom is -0.481 e. The number of carboxylic acid groups (broad SMARTS) is 1. The average molecular weight is 385 g/mol. The minimum absolute atomic E-state index is 0.0735. The number of carbonyl (C=O) groups excluding carboxylic acids is 1. The second-order valence-corrected chi connectivity index (χ2v) is 8.14. The molecule has 5 heteroatoms. The molecule has 1 aromatic rings. The van der Waals surface area contributed by atoms with Crippen LogP contribution in [0, 0.1) is 17.8 Å². The van der Waals surface area contributed by atoms with Crippen molar-refractivity contribution < 1.29 is 14.7 Å². The molecule has 1 fully saturated rings. The number of rotatable bonds is 7. The van der Waals surface area contributed by atoms with Gasteiger partial charge in [0.15, 0.2) is 0 Å². The Balaban J connectivity index is 1.78. The Hall–Kier alpha value is -2.17. The van der Waals surface area contributed by atoms with Gasteiger partial charge < -0.3 is 10.0 Å². The molecule has 0 radical (unpaired) electrons. The molecule has 3 rings (SSSR count). The van der Waals surface area contributed by atoms with Crippen LogP contribution < -0.4 is 0 Å². The van der Waals surface area contributed by atoms with E-state index >= 15 is 0 Å². The van der Waals surface area contributed by atoms with Crippen LogP contribution in [0.3, 0.4) is 0 Å². The first-order valence-electron chi connectivity index (χ1n) is 10.7. The number of hydrogen-bond donors (Lipinski definition) is 1. The number of nitrogens with zero attached hydrogens (tertiary/aromatic N) is 2. The van der Waals surface area contributed by atoms with Gasteiger partial charge in [0.1, 0.15) is 0 Å². The summed E-state index contributed by atoms with van der Waals surface area (Å²) in [5.74, 6) is -0.201. The van der Waals surface area contributed by atoms with Crippen molar-refractivity contribution in [2.45, 2.75) is 52.4 Å². The number of hydrogen-bond acceptors (Lipinski definition) is 3. The third-order valence-electron chi connectivity index (χ3n) is 6.44. The van der Waals surface area contributed by atoms with Crippen LogP contribution in [-0.2, 0) is 16.0 Å². The lowest BCUT2D eigenvalue weighted by molar-refractivity contribution is -0.141. The van der Waals surface area contributed by atoms with Crippen LogP contribution in [0.15, 0.2) is 29.3 Å². The van der Waals surface area contributed by atoms with Gasteiger partial charge in [-0.2, -0.15) is 0 Å². The van der Waals surface area contributed by atoms with E-state index in [1.165, 1.54) is 11.1 Å². The van der Waals surface area contributed by atoms with E-state index in [2.05, 4.69) is 32.0 Å². The fraction of sp³-hybridized carbons (Fsp3) is 0.609. The van der Waals surface area contributed by atoms with Gasteiger partial charge >= 0.3 is 5.97 Å². The first kappa shape index (κ1) is 20.6. The number of fused-ring (bicyclic) bond motifs is 1. The largest absolute Gasteiger partial charge is 0.481 e. The summed E-state index contributed by atoms with van der Waals surface area (Å²) in [5.41, 5.74) is 3.60. The zero-order chi connectivity index (χ0) is 20.1. The molecule has 152 valence electrons. The summed E-state index contributed by atoms with van der Waals surface area (Å²) in [6.07, 6.45) is 4.36. The maximum absolute atomic E-state index is 12.9. The number of aliphatic imine (C=N–C) groups is 1. The van der Waals surface area contributed by atoms with Crippen LogP contribution in [0.1, 0.15) is 57.1 Å². The van der Waals surface area contributed by atoms with Crippen molar-refractivity contribution in [2.24, 2.45) is 22.7 Å². The van der Waals surface area contributed by atoms with Crippen molar-refractivity contribution in [3.63, 3.8) is 0 Å². The quantitative estimate of drug-likeness (QED) is 0.777. The molecule has 0 spiro atoms. The van der Waals surface area contributed by atoms with E-state index < -0.39 is 5.97 Å². The summed E-state index contributed by atoms with van der Waals surface area (Å²) in [5, 5.41) is 9.38. The molecule has 0 saturated carbocycles. The molecule has 28 heavy (non-hydrogen) atoms. The van der Waals surface area contributed by atoms with Crippen molar-refractivity contribution in [3.05, 3.63) is 35.4 Å². The fourth-order valence-corrected chi connectivity index (χ4v) is 4.74. The van der Waals surface area contributed by atoms with E-state index in [-0.39, 0.29) is 30.1 Å². The molecule has 1 N–H and O–H groups in total. The van der Waals surface area contributed by atoms with Gasteiger partial charge in [0.25, 0.3) is 0 Å². The molecular weight excluding hydrogens is 352 g/mol. The highest BCUT2D eigenvalue weighted by atomic mass is 16.4. The highest BCUT2D eigenvalue weighted by Crippen LogP contribution is 2.33. The molecule has 0 aliphatic carbocycles. The lowest BCUT2D eigenvalue weighted by Gasteiger charge is -2.40. The Kier molecular flexibility index (Phi) is 6.87. The first-order chi connectivity index (χ1) is 13.5. The van der Waals surface area contributed by atoms with E-state index in [4.69, 9.17) is 4.99 Å². The van der Waals surface area contributed by atoms with E-state index in [1.54, 1.807) is 0 Å². The minimum atomic E-state index is -0.749. The van der Waals surface area contributed by atoms with Gasteiger partial charge in [0.2, 0.25) is 5.91 Å². The molecule has 2 aliphatic rings. The standard InChI is InChI=1S/C23H32N2O3/c1-3-16(4-2)23(28)25-12-10-18(14-22(26)27)19(15-25)13-21-20-8-6-5-7-17(20)9-11-24-21/h5-8,16,18-19H,3-4,9-15H2,1-2H3,(H,26,27)/t18-,19-/m0/s1. The van der Waals surface area contributed by atoms with Crippen LogP contribution >= 0.6 is 0 Å². The predicted octanol–water partition coefficient (Wildman–Crippen LogP) is 3.80. The summed E-state index contributed by atoms with van der Waals surface area (Å²) < 4.78 is 0. The van der Waals surface area contributed by atoms with Crippen LogP contribution in [-0.4, -0.2) is 47.2 Å². The molecule has 0 aromatic heterocycles. The highest BCUT2D eigenvalue weighted by Gasteiger charge is 2.35. The Labute approximate surface area is 167 Å². The van der Waals surface area contributed by atoms with Crippen molar-refractivity contribution in [3.8, 4) is 0 Å². The van der Waals surface area contributed by atoms with Crippen molar-refractivity contribution in [2.75, 3.05) is 19.6 Å². The Morgan fingerprint density at radius 3 is 2.68 bits per heavy atom. The number of benzene rings is 1.